The molecule has 1 heterocycles. The van der Waals surface area contributed by atoms with Crippen LogP contribution in [0.25, 0.3) is 10.9 Å². The lowest BCUT2D eigenvalue weighted by molar-refractivity contribution is 1.22. The van der Waals surface area contributed by atoms with Crippen LogP contribution in [0.15, 0.2) is 24.3 Å². The van der Waals surface area contributed by atoms with Crippen molar-refractivity contribution < 1.29 is 0 Å². The lowest BCUT2D eigenvalue weighted by Crippen LogP contribution is -1.90. The molecule has 0 aliphatic rings. The van der Waals surface area contributed by atoms with Gasteiger partial charge < -0.3 is 0 Å². The summed E-state index contributed by atoms with van der Waals surface area (Å²) in [6.45, 7) is 4.12. The molecule has 0 N–H and O–H groups in total. The normalized spacial score (nSPS) is 10.8. The summed E-state index contributed by atoms with van der Waals surface area (Å²) in [6, 6.07) is 8.45. The van der Waals surface area contributed by atoms with Crippen LogP contribution in [0.5, 0.6) is 0 Å². The number of aryl methyl sites for hydroxylation is 2. The fraction of sp³-hybridized carbons (Fsp3) is 0.250. The Morgan fingerprint density at radius 3 is 2.71 bits per heavy atom. The van der Waals surface area contributed by atoms with Gasteiger partial charge >= 0.3 is 0 Å². The summed E-state index contributed by atoms with van der Waals surface area (Å²) < 4.78 is 0. The number of aromatic nitrogens is 1. The van der Waals surface area contributed by atoms with Gasteiger partial charge in [0.2, 0.25) is 0 Å². The van der Waals surface area contributed by atoms with Crippen molar-refractivity contribution in [3.63, 3.8) is 0 Å². The van der Waals surface area contributed by atoms with Gasteiger partial charge in [0.05, 0.1) is 5.52 Å². The molecule has 0 saturated carbocycles. The second-order valence-electron chi connectivity index (χ2n) is 3.60. The number of pyridine rings is 1. The SMILES string of the molecule is Cc1ccc2nc(C)cc(CS)c2c1. The monoisotopic (exact) mass is 203 g/mol. The summed E-state index contributed by atoms with van der Waals surface area (Å²) in [4.78, 5) is 4.49. The molecule has 0 unspecified atom stereocenters. The predicted molar refractivity (Wildman–Crippen MR) is 63.9 cm³/mol. The van der Waals surface area contributed by atoms with Crippen molar-refractivity contribution in [3.05, 3.63) is 41.1 Å². The average molecular weight is 203 g/mol. The van der Waals surface area contributed by atoms with E-state index in [-0.39, 0.29) is 0 Å². The van der Waals surface area contributed by atoms with Crippen molar-refractivity contribution in [2.45, 2.75) is 19.6 Å². The molecule has 2 rings (SSSR count). The van der Waals surface area contributed by atoms with Crippen LogP contribution in [0.4, 0.5) is 0 Å². The number of benzene rings is 1. The summed E-state index contributed by atoms with van der Waals surface area (Å²) in [5, 5.41) is 1.23. The van der Waals surface area contributed by atoms with Gasteiger partial charge in [0.1, 0.15) is 0 Å². The van der Waals surface area contributed by atoms with Crippen LogP contribution in [0.3, 0.4) is 0 Å². The maximum atomic E-state index is 4.49. The summed E-state index contributed by atoms with van der Waals surface area (Å²) >= 11 is 4.34. The lowest BCUT2D eigenvalue weighted by Gasteiger charge is -2.06. The Kier molecular flexibility index (Phi) is 2.46. The molecule has 1 aromatic heterocycles. The van der Waals surface area contributed by atoms with Crippen LogP contribution in [0, 0.1) is 13.8 Å². The Balaban J connectivity index is 2.81. The number of hydrogen-bond acceptors (Lipinski definition) is 2. The van der Waals surface area contributed by atoms with Gasteiger partial charge in [0.15, 0.2) is 0 Å². The number of rotatable bonds is 1. The minimum Gasteiger partial charge on any atom is -0.253 e. The molecule has 0 aliphatic carbocycles. The minimum atomic E-state index is 0.767. The predicted octanol–water partition coefficient (Wildman–Crippen LogP) is 3.28. The van der Waals surface area contributed by atoms with Crippen LogP contribution < -0.4 is 0 Å². The van der Waals surface area contributed by atoms with Crippen molar-refractivity contribution in [2.75, 3.05) is 0 Å². The maximum Gasteiger partial charge on any atom is 0.0708 e. The molecule has 2 aromatic rings. The third-order valence-corrected chi connectivity index (χ3v) is 2.69. The molecule has 0 saturated heterocycles. The molecule has 0 radical (unpaired) electrons. The van der Waals surface area contributed by atoms with Gasteiger partial charge in [-0.1, -0.05) is 11.6 Å². The minimum absolute atomic E-state index is 0.767. The molecule has 14 heavy (non-hydrogen) atoms. The van der Waals surface area contributed by atoms with E-state index in [0.717, 1.165) is 17.0 Å². The first kappa shape index (κ1) is 9.53. The highest BCUT2D eigenvalue weighted by atomic mass is 32.1. The molecule has 72 valence electrons. The molecular weight excluding hydrogens is 190 g/mol. The molecule has 0 aliphatic heterocycles. The van der Waals surface area contributed by atoms with Gasteiger partial charge in [-0.2, -0.15) is 12.6 Å². The van der Waals surface area contributed by atoms with Gasteiger partial charge in [-0.15, -0.1) is 0 Å². The highest BCUT2D eigenvalue weighted by Gasteiger charge is 2.02. The molecule has 0 fully saturated rings. The molecule has 0 atom stereocenters. The maximum absolute atomic E-state index is 4.49. The van der Waals surface area contributed by atoms with E-state index in [1.165, 1.54) is 16.5 Å². The molecule has 0 bridgehead atoms. The first-order valence-electron chi connectivity index (χ1n) is 4.68. The Hall–Kier alpha value is -1.02. The Bertz CT molecular complexity index is 477. The molecule has 0 spiro atoms. The third-order valence-electron chi connectivity index (χ3n) is 2.35. The molecule has 1 aromatic carbocycles. The van der Waals surface area contributed by atoms with Crippen LogP contribution >= 0.6 is 12.6 Å². The van der Waals surface area contributed by atoms with Crippen LogP contribution in [0.1, 0.15) is 16.8 Å². The van der Waals surface area contributed by atoms with Gasteiger partial charge in [0.25, 0.3) is 0 Å². The molecule has 0 amide bonds. The Morgan fingerprint density at radius 1 is 1.21 bits per heavy atom. The van der Waals surface area contributed by atoms with Crippen molar-refractivity contribution in [2.24, 2.45) is 0 Å². The second-order valence-corrected chi connectivity index (χ2v) is 3.92. The average Bonchev–Trinajstić information content (AvgIpc) is 2.17. The molecule has 1 nitrogen and oxygen atoms in total. The number of fused-ring (bicyclic) bond motifs is 1. The van der Waals surface area contributed by atoms with Crippen LogP contribution in [-0.4, -0.2) is 4.98 Å². The van der Waals surface area contributed by atoms with Gasteiger partial charge in [-0.25, -0.2) is 0 Å². The van der Waals surface area contributed by atoms with Gasteiger partial charge in [0, 0.05) is 16.8 Å². The van der Waals surface area contributed by atoms with E-state index in [9.17, 15) is 0 Å². The van der Waals surface area contributed by atoms with E-state index < -0.39 is 0 Å². The zero-order chi connectivity index (χ0) is 10.1. The highest BCUT2D eigenvalue weighted by Crippen LogP contribution is 2.20. The first-order chi connectivity index (χ1) is 6.70. The van der Waals surface area contributed by atoms with Crippen molar-refractivity contribution >= 4 is 23.5 Å². The quantitative estimate of drug-likeness (QED) is 0.702. The second kappa shape index (κ2) is 3.62. The van der Waals surface area contributed by atoms with Crippen molar-refractivity contribution in [1.29, 1.82) is 0 Å². The molecule has 2 heteroatoms. The van der Waals surface area contributed by atoms with Gasteiger partial charge in [-0.3, -0.25) is 4.98 Å². The van der Waals surface area contributed by atoms with E-state index in [0.29, 0.717) is 0 Å². The number of nitrogens with zero attached hydrogens (tertiary/aromatic N) is 1. The number of thiol groups is 1. The number of hydrogen-bond donors (Lipinski definition) is 1. The lowest BCUT2D eigenvalue weighted by atomic mass is 10.1. The molecular formula is C12H13NS. The Labute approximate surface area is 89.6 Å². The standard InChI is InChI=1S/C12H13NS/c1-8-3-4-12-11(5-8)10(7-14)6-9(2)13-12/h3-6,14H,7H2,1-2H3. The fourth-order valence-corrected chi connectivity index (χ4v) is 1.95. The smallest absolute Gasteiger partial charge is 0.0708 e. The van der Waals surface area contributed by atoms with E-state index in [1.54, 1.807) is 0 Å². The zero-order valence-corrected chi connectivity index (χ0v) is 9.31. The summed E-state index contributed by atoms with van der Waals surface area (Å²) in [5.41, 5.74) is 4.66. The van der Waals surface area contributed by atoms with Crippen LogP contribution in [0.2, 0.25) is 0 Å². The van der Waals surface area contributed by atoms with E-state index in [4.69, 9.17) is 0 Å². The summed E-state index contributed by atoms with van der Waals surface area (Å²) in [7, 11) is 0. The fourth-order valence-electron chi connectivity index (χ4n) is 1.69. The van der Waals surface area contributed by atoms with E-state index in [1.807, 2.05) is 6.92 Å². The van der Waals surface area contributed by atoms with E-state index >= 15 is 0 Å². The van der Waals surface area contributed by atoms with Crippen LogP contribution in [-0.2, 0) is 5.75 Å². The van der Waals surface area contributed by atoms with E-state index in [2.05, 4.69) is 48.8 Å². The zero-order valence-electron chi connectivity index (χ0n) is 8.41. The van der Waals surface area contributed by atoms with Crippen molar-refractivity contribution in [1.82, 2.24) is 4.98 Å². The Morgan fingerprint density at radius 2 is 2.00 bits per heavy atom. The summed E-state index contributed by atoms with van der Waals surface area (Å²) in [5.74, 6) is 0.767. The van der Waals surface area contributed by atoms with Gasteiger partial charge in [-0.05, 0) is 37.6 Å². The third kappa shape index (κ3) is 1.62. The summed E-state index contributed by atoms with van der Waals surface area (Å²) in [6.07, 6.45) is 0. The topological polar surface area (TPSA) is 12.9 Å². The highest BCUT2D eigenvalue weighted by molar-refractivity contribution is 7.79. The van der Waals surface area contributed by atoms with Crippen molar-refractivity contribution in [3.8, 4) is 0 Å². The largest absolute Gasteiger partial charge is 0.253 e. The first-order valence-corrected chi connectivity index (χ1v) is 5.31.